The Morgan fingerprint density at radius 2 is 1.74 bits per heavy atom. The molecule has 1 atom stereocenters. The van der Waals surface area contributed by atoms with Gasteiger partial charge in [-0.05, 0) is 48.4 Å². The van der Waals surface area contributed by atoms with E-state index in [0.29, 0.717) is 28.7 Å². The molecule has 27 heavy (non-hydrogen) atoms. The number of carbonyl (C=O) groups is 4. The molecule has 2 heterocycles. The molecule has 136 valence electrons. The van der Waals surface area contributed by atoms with Crippen LogP contribution in [0.3, 0.4) is 0 Å². The number of fused-ring (bicyclic) bond motifs is 1. The summed E-state index contributed by atoms with van der Waals surface area (Å²) in [6.45, 7) is 0.252. The van der Waals surface area contributed by atoms with Crippen molar-refractivity contribution >= 4 is 39.4 Å². The summed E-state index contributed by atoms with van der Waals surface area (Å²) < 4.78 is 0.887. The Morgan fingerprint density at radius 1 is 1.04 bits per heavy atom. The van der Waals surface area contributed by atoms with Gasteiger partial charge >= 0.3 is 0 Å². The third-order valence-electron chi connectivity index (χ3n) is 4.89. The number of halogens is 1. The highest BCUT2D eigenvalue weighted by molar-refractivity contribution is 9.10. The van der Waals surface area contributed by atoms with E-state index in [1.54, 1.807) is 42.5 Å². The zero-order chi connectivity index (χ0) is 19.1. The Labute approximate surface area is 163 Å². The summed E-state index contributed by atoms with van der Waals surface area (Å²) >= 11 is 3.34. The van der Waals surface area contributed by atoms with Crippen molar-refractivity contribution in [1.29, 1.82) is 0 Å². The van der Waals surface area contributed by atoms with Gasteiger partial charge in [0.25, 0.3) is 5.91 Å². The molecule has 1 fully saturated rings. The highest BCUT2D eigenvalue weighted by Crippen LogP contribution is 2.29. The van der Waals surface area contributed by atoms with Gasteiger partial charge in [0, 0.05) is 34.1 Å². The first kappa shape index (κ1) is 17.6. The smallest absolute Gasteiger partial charge is 0.255 e. The minimum absolute atomic E-state index is 0.128. The number of rotatable bonds is 3. The van der Waals surface area contributed by atoms with Gasteiger partial charge in [-0.2, -0.15) is 0 Å². The quantitative estimate of drug-likeness (QED) is 0.603. The molecule has 0 bridgehead atoms. The number of nitrogens with one attached hydrogen (secondary N) is 1. The number of hydrogen-bond acceptors (Lipinski definition) is 4. The molecule has 0 aromatic heterocycles. The molecule has 1 unspecified atom stereocenters. The summed E-state index contributed by atoms with van der Waals surface area (Å²) in [6, 6.07) is 11.4. The molecule has 6 nitrogen and oxygen atoms in total. The molecular weight excluding hydrogens is 412 g/mol. The van der Waals surface area contributed by atoms with E-state index in [4.69, 9.17) is 0 Å². The summed E-state index contributed by atoms with van der Waals surface area (Å²) in [7, 11) is 0. The topological polar surface area (TPSA) is 83.6 Å². The molecule has 0 aliphatic carbocycles. The van der Waals surface area contributed by atoms with E-state index in [1.165, 1.54) is 4.90 Å². The lowest BCUT2D eigenvalue weighted by atomic mass is 9.99. The molecule has 1 saturated heterocycles. The van der Waals surface area contributed by atoms with Gasteiger partial charge in [0.15, 0.2) is 5.78 Å². The van der Waals surface area contributed by atoms with E-state index < -0.39 is 11.9 Å². The largest absolute Gasteiger partial charge is 0.322 e. The first-order valence-corrected chi connectivity index (χ1v) is 9.31. The molecule has 0 radical (unpaired) electrons. The second kappa shape index (κ2) is 6.74. The van der Waals surface area contributed by atoms with Crippen LogP contribution in [0.2, 0.25) is 0 Å². The Bertz CT molecular complexity index is 984. The second-order valence-corrected chi connectivity index (χ2v) is 7.52. The van der Waals surface area contributed by atoms with Crippen molar-refractivity contribution in [2.75, 3.05) is 0 Å². The van der Waals surface area contributed by atoms with E-state index in [9.17, 15) is 19.2 Å². The van der Waals surface area contributed by atoms with Crippen molar-refractivity contribution in [3.05, 3.63) is 69.2 Å². The van der Waals surface area contributed by atoms with Crippen LogP contribution >= 0.6 is 15.9 Å². The molecule has 1 N–H and O–H groups in total. The van der Waals surface area contributed by atoms with E-state index in [1.807, 2.05) is 0 Å². The molecule has 2 aliphatic heterocycles. The maximum absolute atomic E-state index is 12.7. The summed E-state index contributed by atoms with van der Waals surface area (Å²) in [5.41, 5.74) is 2.26. The van der Waals surface area contributed by atoms with Crippen LogP contribution in [0.4, 0.5) is 0 Å². The minimum Gasteiger partial charge on any atom is -0.322 e. The van der Waals surface area contributed by atoms with Crippen molar-refractivity contribution in [3.8, 4) is 0 Å². The zero-order valence-electron chi connectivity index (χ0n) is 14.2. The van der Waals surface area contributed by atoms with Crippen molar-refractivity contribution < 1.29 is 19.2 Å². The Hall–Kier alpha value is -2.80. The molecule has 7 heteroatoms. The lowest BCUT2D eigenvalue weighted by Crippen LogP contribution is -2.52. The van der Waals surface area contributed by atoms with Crippen molar-refractivity contribution in [2.24, 2.45) is 0 Å². The predicted molar refractivity (Wildman–Crippen MR) is 100 cm³/mol. The van der Waals surface area contributed by atoms with Gasteiger partial charge in [-0.3, -0.25) is 24.5 Å². The first-order chi connectivity index (χ1) is 12.9. The van der Waals surface area contributed by atoms with Crippen LogP contribution in [0, 0.1) is 0 Å². The average molecular weight is 427 g/mol. The minimum atomic E-state index is -0.659. The fourth-order valence-electron chi connectivity index (χ4n) is 3.48. The fourth-order valence-corrected chi connectivity index (χ4v) is 3.75. The van der Waals surface area contributed by atoms with Gasteiger partial charge < -0.3 is 4.90 Å². The van der Waals surface area contributed by atoms with Gasteiger partial charge in [-0.15, -0.1) is 0 Å². The van der Waals surface area contributed by atoms with E-state index in [2.05, 4.69) is 21.2 Å². The number of nitrogens with zero attached hydrogens (tertiary/aromatic N) is 1. The van der Waals surface area contributed by atoms with E-state index in [0.717, 1.165) is 4.47 Å². The summed E-state index contributed by atoms with van der Waals surface area (Å²) in [5, 5.41) is 2.28. The van der Waals surface area contributed by atoms with Crippen LogP contribution in [-0.4, -0.2) is 34.4 Å². The van der Waals surface area contributed by atoms with E-state index >= 15 is 0 Å². The third kappa shape index (κ3) is 3.19. The first-order valence-electron chi connectivity index (χ1n) is 8.52. The summed E-state index contributed by atoms with van der Waals surface area (Å²) in [4.78, 5) is 50.3. The van der Waals surface area contributed by atoms with Crippen LogP contribution in [-0.2, 0) is 16.1 Å². The second-order valence-electron chi connectivity index (χ2n) is 6.61. The number of amides is 3. The highest BCUT2D eigenvalue weighted by Gasteiger charge is 2.39. The normalized spacial score (nSPS) is 19.1. The molecule has 0 saturated carbocycles. The number of ketones is 1. The monoisotopic (exact) mass is 426 g/mol. The SMILES string of the molecule is O=C1CCC(N2Cc3cc(C(=O)c4ccc(Br)cc4)ccc3C2=O)C(=O)N1. The molecule has 2 aromatic rings. The van der Waals surface area contributed by atoms with Crippen LogP contribution in [0.5, 0.6) is 0 Å². The Kier molecular flexibility index (Phi) is 4.39. The fraction of sp³-hybridized carbons (Fsp3) is 0.200. The number of carbonyl (C=O) groups excluding carboxylic acids is 4. The number of hydrogen-bond donors (Lipinski definition) is 1. The van der Waals surface area contributed by atoms with Crippen molar-refractivity contribution in [1.82, 2.24) is 10.2 Å². The van der Waals surface area contributed by atoms with Crippen LogP contribution < -0.4 is 5.32 Å². The van der Waals surface area contributed by atoms with Gasteiger partial charge in [0.1, 0.15) is 6.04 Å². The van der Waals surface area contributed by atoms with Crippen molar-refractivity contribution in [2.45, 2.75) is 25.4 Å². The average Bonchev–Trinajstić information content (AvgIpc) is 2.98. The maximum atomic E-state index is 12.7. The molecule has 2 aromatic carbocycles. The molecule has 4 rings (SSSR count). The lowest BCUT2D eigenvalue weighted by molar-refractivity contribution is -0.136. The molecule has 0 spiro atoms. The van der Waals surface area contributed by atoms with Gasteiger partial charge in [0.05, 0.1) is 0 Å². The number of piperidine rings is 1. The van der Waals surface area contributed by atoms with Gasteiger partial charge in [0.2, 0.25) is 11.8 Å². The summed E-state index contributed by atoms with van der Waals surface area (Å²) in [5.74, 6) is -1.14. The molecule has 3 amide bonds. The summed E-state index contributed by atoms with van der Waals surface area (Å²) in [6.07, 6.45) is 0.527. The lowest BCUT2D eigenvalue weighted by Gasteiger charge is -2.29. The van der Waals surface area contributed by atoms with Crippen LogP contribution in [0.1, 0.15) is 44.7 Å². The third-order valence-corrected chi connectivity index (χ3v) is 5.42. The predicted octanol–water partition coefficient (Wildman–Crippen LogP) is 2.44. The van der Waals surface area contributed by atoms with Crippen molar-refractivity contribution in [3.63, 3.8) is 0 Å². The number of benzene rings is 2. The molecule has 2 aliphatic rings. The molecular formula is C20H15BrN2O4. The van der Waals surface area contributed by atoms with E-state index in [-0.39, 0.29) is 30.6 Å². The van der Waals surface area contributed by atoms with Gasteiger partial charge in [-0.25, -0.2) is 0 Å². The van der Waals surface area contributed by atoms with Crippen LogP contribution in [0.15, 0.2) is 46.9 Å². The Morgan fingerprint density at radius 3 is 2.44 bits per heavy atom. The number of imide groups is 1. The zero-order valence-corrected chi connectivity index (χ0v) is 15.8. The Balaban J connectivity index is 1.59. The van der Waals surface area contributed by atoms with Gasteiger partial charge in [-0.1, -0.05) is 22.0 Å². The maximum Gasteiger partial charge on any atom is 0.255 e. The highest BCUT2D eigenvalue weighted by atomic mass is 79.9. The standard InChI is InChI=1S/C20H15BrN2O4/c21-14-4-1-11(2-5-14)18(25)12-3-6-15-13(9-12)10-23(20(15)27)16-7-8-17(24)22-19(16)26/h1-6,9,16H,7-8,10H2,(H,22,24,26). The van der Waals surface area contributed by atoms with Crippen LogP contribution in [0.25, 0.3) is 0 Å².